The molecule has 0 bridgehead atoms. The Labute approximate surface area is 180 Å². The fourth-order valence-electron chi connectivity index (χ4n) is 3.05. The molecule has 4 aromatic rings. The van der Waals surface area contributed by atoms with Gasteiger partial charge in [0.15, 0.2) is 11.6 Å². The van der Waals surface area contributed by atoms with E-state index in [0.29, 0.717) is 17.4 Å². The first-order valence-electron chi connectivity index (χ1n) is 9.86. The predicted molar refractivity (Wildman–Crippen MR) is 120 cm³/mol. The number of hydrogen-bond donors (Lipinski definition) is 0. The monoisotopic (exact) mass is 408 g/mol. The molecule has 0 radical (unpaired) electrons. The molecule has 0 fully saturated rings. The first kappa shape index (κ1) is 20.2. The van der Waals surface area contributed by atoms with Crippen LogP contribution in [-0.4, -0.2) is 6.61 Å². The summed E-state index contributed by atoms with van der Waals surface area (Å²) in [5.41, 5.74) is 3.39. The van der Waals surface area contributed by atoms with E-state index in [9.17, 15) is 8.78 Å². The Morgan fingerprint density at radius 3 is 1.58 bits per heavy atom. The highest BCUT2D eigenvalue weighted by Crippen LogP contribution is 2.19. The maximum Gasteiger partial charge on any atom is 0.159 e. The summed E-state index contributed by atoms with van der Waals surface area (Å²) >= 11 is 0. The van der Waals surface area contributed by atoms with E-state index in [1.165, 1.54) is 12.1 Å². The molecule has 0 saturated heterocycles. The minimum absolute atomic E-state index is 0.616. The normalized spacial score (nSPS) is 10.0. The molecular weight excluding hydrogens is 390 g/mol. The summed E-state index contributed by atoms with van der Waals surface area (Å²) < 4.78 is 32.2. The zero-order valence-corrected chi connectivity index (χ0v) is 16.9. The van der Waals surface area contributed by atoms with Crippen molar-refractivity contribution in [3.63, 3.8) is 0 Å². The van der Waals surface area contributed by atoms with Crippen LogP contribution < -0.4 is 4.74 Å². The third-order valence-electron chi connectivity index (χ3n) is 4.63. The Bertz CT molecular complexity index is 1350. The van der Waals surface area contributed by atoms with Gasteiger partial charge in [-0.1, -0.05) is 29.7 Å². The average molecular weight is 408 g/mol. The second-order valence-electron chi connectivity index (χ2n) is 6.86. The molecular formula is C28H18F2O. The van der Waals surface area contributed by atoms with Crippen LogP contribution in [0, 0.1) is 35.3 Å². The number of hydrogen-bond acceptors (Lipinski definition) is 1. The zero-order valence-electron chi connectivity index (χ0n) is 16.9. The van der Waals surface area contributed by atoms with Gasteiger partial charge in [-0.05, 0) is 90.5 Å². The van der Waals surface area contributed by atoms with Crippen LogP contribution in [0.2, 0.25) is 0 Å². The van der Waals surface area contributed by atoms with E-state index in [1.54, 1.807) is 18.2 Å². The average Bonchev–Trinajstić information content (AvgIpc) is 2.79. The second-order valence-corrected chi connectivity index (χ2v) is 6.86. The van der Waals surface area contributed by atoms with Crippen LogP contribution in [-0.2, 0) is 0 Å². The van der Waals surface area contributed by atoms with Gasteiger partial charge in [0, 0.05) is 22.3 Å². The lowest BCUT2D eigenvalue weighted by Crippen LogP contribution is -1.90. The largest absolute Gasteiger partial charge is 0.494 e. The molecule has 0 aliphatic rings. The lowest BCUT2D eigenvalue weighted by molar-refractivity contribution is 0.340. The van der Waals surface area contributed by atoms with E-state index in [1.807, 2.05) is 55.5 Å². The molecule has 0 heterocycles. The maximum atomic E-state index is 13.5. The third-order valence-corrected chi connectivity index (χ3v) is 4.63. The molecule has 0 spiro atoms. The molecule has 0 atom stereocenters. The Balaban J connectivity index is 1.48. The van der Waals surface area contributed by atoms with Gasteiger partial charge in [0.2, 0.25) is 0 Å². The summed E-state index contributed by atoms with van der Waals surface area (Å²) in [6.45, 7) is 2.59. The van der Waals surface area contributed by atoms with E-state index < -0.39 is 11.6 Å². The van der Waals surface area contributed by atoms with Crippen molar-refractivity contribution in [1.29, 1.82) is 0 Å². The SMILES string of the molecule is CCOc1ccc(C#Cc2ccc(C#Cc3ccc4cc(F)c(F)cc4c3)cc2)cc1. The Hall–Kier alpha value is -4.08. The molecule has 4 rings (SSSR count). The standard InChI is InChI=1S/C28H18F2O/c1-2-31-26-15-12-22(13-16-26)8-7-20-3-5-21(6-4-20)9-10-23-11-14-24-18-27(29)28(30)19-25(24)17-23/h3-6,11-19H,2H2,1H3. The molecule has 0 N–H and O–H groups in total. The highest BCUT2D eigenvalue weighted by molar-refractivity contribution is 5.84. The van der Waals surface area contributed by atoms with Crippen molar-refractivity contribution < 1.29 is 13.5 Å². The molecule has 0 unspecified atom stereocenters. The minimum Gasteiger partial charge on any atom is -0.494 e. The van der Waals surface area contributed by atoms with Crippen LogP contribution in [0.3, 0.4) is 0 Å². The molecule has 0 saturated carbocycles. The zero-order chi connectivity index (χ0) is 21.6. The van der Waals surface area contributed by atoms with Crippen LogP contribution in [0.4, 0.5) is 8.78 Å². The van der Waals surface area contributed by atoms with Gasteiger partial charge < -0.3 is 4.74 Å². The van der Waals surface area contributed by atoms with Gasteiger partial charge >= 0.3 is 0 Å². The van der Waals surface area contributed by atoms with Gasteiger partial charge in [0.05, 0.1) is 6.61 Å². The van der Waals surface area contributed by atoms with Gasteiger partial charge in [-0.15, -0.1) is 0 Å². The molecule has 31 heavy (non-hydrogen) atoms. The first-order valence-corrected chi connectivity index (χ1v) is 9.86. The summed E-state index contributed by atoms with van der Waals surface area (Å²) in [5, 5.41) is 1.26. The van der Waals surface area contributed by atoms with Crippen molar-refractivity contribution in [3.8, 4) is 29.4 Å². The van der Waals surface area contributed by atoms with Gasteiger partial charge in [-0.3, -0.25) is 0 Å². The van der Waals surface area contributed by atoms with Crippen molar-refractivity contribution in [2.45, 2.75) is 6.92 Å². The molecule has 4 aromatic carbocycles. The highest BCUT2D eigenvalue weighted by atomic mass is 19.2. The van der Waals surface area contributed by atoms with E-state index in [0.717, 1.165) is 28.0 Å². The molecule has 0 aliphatic carbocycles. The Kier molecular flexibility index (Phi) is 5.97. The van der Waals surface area contributed by atoms with Crippen LogP contribution in [0.1, 0.15) is 29.2 Å². The predicted octanol–water partition coefficient (Wildman–Crippen LogP) is 6.32. The van der Waals surface area contributed by atoms with Gasteiger partial charge in [0.1, 0.15) is 5.75 Å². The van der Waals surface area contributed by atoms with Gasteiger partial charge in [-0.2, -0.15) is 0 Å². The van der Waals surface area contributed by atoms with E-state index in [2.05, 4.69) is 23.7 Å². The van der Waals surface area contributed by atoms with E-state index in [-0.39, 0.29) is 0 Å². The summed E-state index contributed by atoms with van der Waals surface area (Å²) in [6, 6.07) is 23.0. The quantitative estimate of drug-likeness (QED) is 0.353. The van der Waals surface area contributed by atoms with Crippen LogP contribution >= 0.6 is 0 Å². The summed E-state index contributed by atoms with van der Waals surface area (Å²) in [5.74, 6) is 11.6. The smallest absolute Gasteiger partial charge is 0.159 e. The maximum absolute atomic E-state index is 13.5. The fraction of sp³-hybridized carbons (Fsp3) is 0.0714. The van der Waals surface area contributed by atoms with Gasteiger partial charge in [-0.25, -0.2) is 8.78 Å². The second kappa shape index (κ2) is 9.16. The number of halogens is 2. The molecule has 0 aromatic heterocycles. The van der Waals surface area contributed by atoms with E-state index in [4.69, 9.17) is 4.74 Å². The third kappa shape index (κ3) is 5.10. The lowest BCUT2D eigenvalue weighted by Gasteiger charge is -2.01. The summed E-state index contributed by atoms with van der Waals surface area (Å²) in [4.78, 5) is 0. The Morgan fingerprint density at radius 2 is 1.03 bits per heavy atom. The minimum atomic E-state index is -0.862. The number of fused-ring (bicyclic) bond motifs is 1. The van der Waals surface area contributed by atoms with Crippen LogP contribution in [0.15, 0.2) is 78.9 Å². The lowest BCUT2D eigenvalue weighted by atomic mass is 10.1. The number of ether oxygens (including phenoxy) is 1. The molecule has 1 nitrogen and oxygen atoms in total. The highest BCUT2D eigenvalue weighted by Gasteiger charge is 2.04. The molecule has 150 valence electrons. The fourth-order valence-corrected chi connectivity index (χ4v) is 3.05. The molecule has 3 heteroatoms. The summed E-state index contributed by atoms with van der Waals surface area (Å²) in [7, 11) is 0. The summed E-state index contributed by atoms with van der Waals surface area (Å²) in [6.07, 6.45) is 0. The Morgan fingerprint density at radius 1 is 0.581 bits per heavy atom. The topological polar surface area (TPSA) is 9.23 Å². The van der Waals surface area contributed by atoms with Crippen molar-refractivity contribution >= 4 is 10.8 Å². The van der Waals surface area contributed by atoms with Gasteiger partial charge in [0.25, 0.3) is 0 Å². The van der Waals surface area contributed by atoms with Crippen LogP contribution in [0.5, 0.6) is 5.75 Å². The van der Waals surface area contributed by atoms with E-state index >= 15 is 0 Å². The number of rotatable bonds is 2. The van der Waals surface area contributed by atoms with Crippen molar-refractivity contribution in [3.05, 3.63) is 113 Å². The van der Waals surface area contributed by atoms with Crippen molar-refractivity contribution in [1.82, 2.24) is 0 Å². The number of benzene rings is 4. The van der Waals surface area contributed by atoms with Crippen molar-refractivity contribution in [2.75, 3.05) is 6.61 Å². The van der Waals surface area contributed by atoms with Crippen LogP contribution in [0.25, 0.3) is 10.8 Å². The first-order chi connectivity index (χ1) is 15.1. The molecule has 0 aliphatic heterocycles. The van der Waals surface area contributed by atoms with Crippen molar-refractivity contribution in [2.24, 2.45) is 0 Å². The molecule has 0 amide bonds.